The van der Waals surface area contributed by atoms with Gasteiger partial charge in [0.25, 0.3) is 0 Å². The molecule has 2 heteroatoms. The highest BCUT2D eigenvalue weighted by molar-refractivity contribution is 14.2. The van der Waals surface area contributed by atoms with Gasteiger partial charge in [-0.1, -0.05) is 30.8 Å². The first-order valence-electron chi connectivity index (χ1n) is 2.59. The van der Waals surface area contributed by atoms with Crippen LogP contribution in [0.3, 0.4) is 0 Å². The number of rotatable bonds is 2. The summed E-state index contributed by atoms with van der Waals surface area (Å²) in [4.78, 5) is 0. The topological polar surface area (TPSA) is 26.0 Å². The Morgan fingerprint density at radius 1 is 1.62 bits per heavy atom. The molecule has 0 saturated carbocycles. The smallest absolute Gasteiger partial charge is 0.0202 e. The van der Waals surface area contributed by atoms with E-state index in [4.69, 9.17) is 5.73 Å². The molecular formula is C6H12IN. The van der Waals surface area contributed by atoms with Crippen LogP contribution in [0.15, 0.2) is 10.2 Å². The molecular weight excluding hydrogens is 213 g/mol. The molecule has 0 saturated heterocycles. The second-order valence-electron chi connectivity index (χ2n) is 1.52. The zero-order valence-electron chi connectivity index (χ0n) is 5.26. The summed E-state index contributed by atoms with van der Waals surface area (Å²) < 4.78 is 4.39. The number of hydrogen-bond donors (Lipinski definition) is 1. The average molecular weight is 225 g/mol. The van der Waals surface area contributed by atoms with Crippen molar-refractivity contribution in [3.63, 3.8) is 0 Å². The second kappa shape index (κ2) is 5.44. The molecule has 0 aliphatic rings. The second-order valence-corrected chi connectivity index (χ2v) is 4.21. The first-order chi connectivity index (χ1) is 3.77. The van der Waals surface area contributed by atoms with Gasteiger partial charge in [0.1, 0.15) is 0 Å². The molecule has 2 N–H and O–H groups in total. The fraction of sp³-hybridized carbons (Fsp3) is 0.500. The Balaban J connectivity index is 3.34. The summed E-state index contributed by atoms with van der Waals surface area (Å²) in [7, 11) is 0. The summed E-state index contributed by atoms with van der Waals surface area (Å²) in [5, 5.41) is 0. The molecule has 1 unspecified atom stereocenters. The molecule has 0 spiro atoms. The minimum atomic E-state index is 0.209. The van der Waals surface area contributed by atoms with E-state index in [9.17, 15) is 0 Å². The van der Waals surface area contributed by atoms with E-state index >= 15 is 0 Å². The lowest BCUT2D eigenvalue weighted by Gasteiger charge is -1.88. The summed E-state index contributed by atoms with van der Waals surface area (Å²) in [5.74, 6) is 0. The molecule has 1 nitrogen and oxygen atoms in total. The Bertz CT molecular complexity index is 94.7. The van der Waals surface area contributed by atoms with Gasteiger partial charge in [-0.05, 0) is 17.9 Å². The van der Waals surface area contributed by atoms with Crippen molar-refractivity contribution in [3.05, 3.63) is 10.2 Å². The Hall–Kier alpha value is 0.300. The van der Waals surface area contributed by atoms with Crippen LogP contribution in [0.25, 0.3) is 0 Å². The fourth-order valence-electron chi connectivity index (χ4n) is 0.229. The van der Waals surface area contributed by atoms with Crippen molar-refractivity contribution >= 4 is 24.7 Å². The monoisotopic (exact) mass is 225 g/mol. The number of halogens is 1. The van der Waals surface area contributed by atoms with Crippen LogP contribution in [-0.2, 0) is 0 Å². The zero-order valence-corrected chi connectivity index (χ0v) is 7.42. The maximum absolute atomic E-state index is 5.45. The molecule has 0 aromatic heterocycles. The van der Waals surface area contributed by atoms with Crippen molar-refractivity contribution in [3.8, 4) is 0 Å². The minimum Gasteiger partial charge on any atom is -0.325 e. The molecule has 0 aromatic rings. The number of hydrogen-bond acceptors (Lipinski definition) is 1. The molecule has 0 rings (SSSR count). The predicted molar refractivity (Wildman–Crippen MR) is 48.5 cm³/mol. The van der Waals surface area contributed by atoms with Gasteiger partial charge in [-0.2, -0.15) is 0 Å². The Kier molecular flexibility index (Phi) is 5.64. The molecule has 0 radical (unpaired) electrons. The molecule has 0 aliphatic carbocycles. The maximum Gasteiger partial charge on any atom is 0.0202 e. The van der Waals surface area contributed by atoms with Gasteiger partial charge < -0.3 is 5.73 Å². The van der Waals surface area contributed by atoms with E-state index < -0.39 is 0 Å². The van der Waals surface area contributed by atoms with Gasteiger partial charge in [-0.15, -0.1) is 0 Å². The molecule has 1 atom stereocenters. The SMILES string of the molecule is CC=I/C=C\C(C)N. The van der Waals surface area contributed by atoms with Gasteiger partial charge in [0.15, 0.2) is 0 Å². The third-order valence-corrected chi connectivity index (χ3v) is 2.12. The predicted octanol–water partition coefficient (Wildman–Crippen LogP) is 1.64. The Labute approximate surface area is 60.7 Å². The molecule has 0 heterocycles. The number of nitrogens with two attached hydrogens (primary N) is 1. The van der Waals surface area contributed by atoms with Crippen LogP contribution in [0.1, 0.15) is 13.8 Å². The lowest BCUT2D eigenvalue weighted by atomic mass is 10.4. The van der Waals surface area contributed by atoms with E-state index in [0.29, 0.717) is 0 Å². The van der Waals surface area contributed by atoms with Gasteiger partial charge in [0.05, 0.1) is 0 Å². The maximum atomic E-state index is 5.45. The molecule has 0 aliphatic heterocycles. The van der Waals surface area contributed by atoms with E-state index in [1.54, 1.807) is 0 Å². The van der Waals surface area contributed by atoms with Gasteiger partial charge in [-0.25, -0.2) is 0 Å². The average Bonchev–Trinajstić information content (AvgIpc) is 1.66. The quantitative estimate of drug-likeness (QED) is 0.710. The molecule has 8 heavy (non-hydrogen) atoms. The van der Waals surface area contributed by atoms with Crippen molar-refractivity contribution in [2.45, 2.75) is 19.9 Å². The van der Waals surface area contributed by atoms with Crippen molar-refractivity contribution in [1.82, 2.24) is 0 Å². The Morgan fingerprint density at radius 2 is 2.25 bits per heavy atom. The van der Waals surface area contributed by atoms with Gasteiger partial charge in [-0.3, -0.25) is 0 Å². The molecule has 0 aromatic carbocycles. The van der Waals surface area contributed by atoms with Crippen molar-refractivity contribution < 1.29 is 0 Å². The highest BCUT2D eigenvalue weighted by atomic mass is 127. The first kappa shape index (κ1) is 8.30. The summed E-state index contributed by atoms with van der Waals surface area (Å²) in [6.45, 7) is 4.06. The standard InChI is InChI=1S/C6H12IN/c1-3-7-5-4-6(2)8/h3-6H,8H2,1-2H3/b5-4-. The largest absolute Gasteiger partial charge is 0.325 e. The Morgan fingerprint density at radius 3 is 2.62 bits per heavy atom. The van der Waals surface area contributed by atoms with Crippen molar-refractivity contribution in [1.29, 1.82) is 0 Å². The highest BCUT2D eigenvalue weighted by Crippen LogP contribution is 1.96. The summed E-state index contributed by atoms with van der Waals surface area (Å²) in [5.41, 5.74) is 5.45. The van der Waals surface area contributed by atoms with Gasteiger partial charge in [0.2, 0.25) is 0 Å². The zero-order chi connectivity index (χ0) is 6.41. The van der Waals surface area contributed by atoms with Crippen LogP contribution in [0, 0.1) is 0 Å². The van der Waals surface area contributed by atoms with Crippen LogP contribution in [0.2, 0.25) is 0 Å². The summed E-state index contributed by atoms with van der Waals surface area (Å²) in [6, 6.07) is 0.231. The minimum absolute atomic E-state index is 0.209. The van der Waals surface area contributed by atoms with Crippen LogP contribution < -0.4 is 5.73 Å². The van der Waals surface area contributed by atoms with Crippen molar-refractivity contribution in [2.75, 3.05) is 0 Å². The lowest BCUT2D eigenvalue weighted by molar-refractivity contribution is 0.929. The highest BCUT2D eigenvalue weighted by Gasteiger charge is 1.77. The summed E-state index contributed by atoms with van der Waals surface area (Å²) >= 11 is 0.209. The molecule has 0 fully saturated rings. The van der Waals surface area contributed by atoms with E-state index in [-0.39, 0.29) is 26.8 Å². The third-order valence-electron chi connectivity index (χ3n) is 0.575. The lowest BCUT2D eigenvalue weighted by Crippen LogP contribution is -2.09. The summed E-state index contributed by atoms with van der Waals surface area (Å²) in [6.07, 6.45) is 2.05. The van der Waals surface area contributed by atoms with Gasteiger partial charge in [0, 0.05) is 6.04 Å². The third kappa shape index (κ3) is 6.30. The normalized spacial score (nSPS) is 16.9. The first-order valence-corrected chi connectivity index (χ1v) is 5.08. The van der Waals surface area contributed by atoms with E-state index in [1.807, 2.05) is 13.0 Å². The van der Waals surface area contributed by atoms with E-state index in [2.05, 4.69) is 15.0 Å². The van der Waals surface area contributed by atoms with E-state index in [0.717, 1.165) is 0 Å². The molecule has 0 amide bonds. The fourth-order valence-corrected chi connectivity index (χ4v) is 1.54. The van der Waals surface area contributed by atoms with Crippen LogP contribution >= 0.6 is 20.7 Å². The van der Waals surface area contributed by atoms with Crippen molar-refractivity contribution in [2.24, 2.45) is 5.73 Å². The van der Waals surface area contributed by atoms with Crippen LogP contribution in [0.4, 0.5) is 0 Å². The van der Waals surface area contributed by atoms with Crippen LogP contribution in [0.5, 0.6) is 0 Å². The molecule has 48 valence electrons. The van der Waals surface area contributed by atoms with Gasteiger partial charge >= 0.3 is 0 Å². The molecule has 0 bridgehead atoms. The van der Waals surface area contributed by atoms with E-state index in [1.165, 1.54) is 0 Å². The van der Waals surface area contributed by atoms with Crippen LogP contribution in [-0.4, -0.2) is 10.1 Å².